The fourth-order valence-corrected chi connectivity index (χ4v) is 17.0. The molecule has 0 unspecified atom stereocenters. The van der Waals surface area contributed by atoms with Crippen LogP contribution in [0.25, 0.3) is 0 Å². The van der Waals surface area contributed by atoms with E-state index in [0.717, 1.165) is 6.42 Å². The van der Waals surface area contributed by atoms with Gasteiger partial charge in [0.1, 0.15) is 104 Å². The van der Waals surface area contributed by atoms with Crippen LogP contribution in [0.4, 0.5) is 0 Å². The maximum absolute atomic E-state index is 15.3. The molecule has 35 atom stereocenters. The van der Waals surface area contributed by atoms with Gasteiger partial charge in [-0.1, -0.05) is 20.3 Å². The molecule has 0 aromatic rings. The zero-order valence-electron chi connectivity index (χ0n) is 48.0. The molecule has 29 heteroatoms. The SMILES string of the molecule is C[C@@H]1[C@@H](O)[C@H](O)[C@@H](CO)C[C@H]1O[C@H]1[C@H](O[C@]23CC[C@@H]4[C@](CC[C@H]5[C@@]4(C)CCC[C@@]5(C)C(=O)O[C@@H]4O[C@H](CO)[C@@H](O)[C@H](O[C@@H]5C[C@H](O)[C@@H](O)[C@H](O)[C@H]5O)[C@H]4O[C@@H]4OC[C@@H](O)[C@H](O)[C@H]4O)(CC2)C3)O[C@H](CO)[C@@H](O)[C@@H]1O[C@@H]1O[C@H](CO)[C@@H](O)[C@H](O)[C@H]1O. The summed E-state index contributed by atoms with van der Waals surface area (Å²) < 4.78 is 62.6. The molecule has 0 amide bonds. The zero-order chi connectivity index (χ0) is 61.6. The number of hydrogen-bond acceptors (Lipinski definition) is 29. The molecule has 4 heterocycles. The number of esters is 1. The van der Waals surface area contributed by atoms with Crippen molar-refractivity contribution in [1.82, 2.24) is 0 Å². The van der Waals surface area contributed by atoms with Crippen LogP contribution in [0, 0.1) is 39.9 Å². The summed E-state index contributed by atoms with van der Waals surface area (Å²) in [5.41, 5.74) is -2.99. The fourth-order valence-electron chi connectivity index (χ4n) is 17.0. The van der Waals surface area contributed by atoms with E-state index in [-0.39, 0.29) is 23.7 Å². The summed E-state index contributed by atoms with van der Waals surface area (Å²) in [6.45, 7) is 2.21. The summed E-state index contributed by atoms with van der Waals surface area (Å²) in [5.74, 6) is -2.63. The van der Waals surface area contributed by atoms with Crippen molar-refractivity contribution in [3.05, 3.63) is 0 Å². The second-order valence-electron chi connectivity index (χ2n) is 26.9. The molecular weight excluding hydrogens is 1140 g/mol. The van der Waals surface area contributed by atoms with Crippen molar-refractivity contribution in [2.45, 2.75) is 269 Å². The molecule has 4 saturated heterocycles. The summed E-state index contributed by atoms with van der Waals surface area (Å²) in [6.07, 6.45) is -38.9. The van der Waals surface area contributed by atoms with E-state index >= 15 is 4.79 Å². The average Bonchev–Trinajstić information content (AvgIpc) is 1.69. The van der Waals surface area contributed by atoms with Crippen LogP contribution in [0.2, 0.25) is 0 Å². The molecule has 29 nitrogen and oxygen atoms in total. The lowest BCUT2D eigenvalue weighted by Gasteiger charge is -2.64. The molecule has 10 rings (SSSR count). The Morgan fingerprint density at radius 1 is 0.482 bits per heavy atom. The van der Waals surface area contributed by atoms with Crippen molar-refractivity contribution in [2.24, 2.45) is 39.9 Å². The number of ether oxygens (including phenoxy) is 10. The standard InChI is InChI=1S/C56H92O29/c1-21-25(13-22(15-57)33(64)32(21)63)77-47-45(82-49-43(74)41(72)37(68)27(16-58)79-49)39(70)29(18-60)81-51(47)85-56-10-6-31-53(2)7-4-8-54(3,30(53)5-9-55(31,20-56)11-12-56)52(75)84-50-46(83-48-42(73)35(66)24(62)19-76-48)44(38(69)28(17-59)80-50)78-26-14-23(61)34(65)40(71)36(26)67/h21-51,57-74H,4-20H2,1-3H3/t21-,22+,23-,24+,25+,26+,27+,28+,29+,30-,31-,32+,33+,34+,35-,36-,37+,38+,39+,40-,41-,42+,43+,44-,45-,46+,47+,48-,49-,50-,51-,53+,54+,55+,56+/m0/s1. The van der Waals surface area contributed by atoms with Crippen LogP contribution in [0.3, 0.4) is 0 Å². The minimum Gasteiger partial charge on any atom is -0.432 e. The van der Waals surface area contributed by atoms with Gasteiger partial charge in [0, 0.05) is 24.9 Å². The van der Waals surface area contributed by atoms with Gasteiger partial charge in [0.15, 0.2) is 25.0 Å². The molecule has 0 aromatic carbocycles. The minimum absolute atomic E-state index is 0.0111. The van der Waals surface area contributed by atoms with Gasteiger partial charge in [-0.2, -0.15) is 0 Å². The van der Waals surface area contributed by atoms with Gasteiger partial charge >= 0.3 is 5.97 Å². The van der Waals surface area contributed by atoms with Crippen molar-refractivity contribution < 1.29 is 144 Å². The molecule has 85 heavy (non-hydrogen) atoms. The maximum atomic E-state index is 15.3. The van der Waals surface area contributed by atoms with Crippen LogP contribution >= 0.6 is 0 Å². The normalized spacial score (nSPS) is 55.6. The summed E-state index contributed by atoms with van der Waals surface area (Å²) >= 11 is 0. The second kappa shape index (κ2) is 25.8. The van der Waals surface area contributed by atoms with E-state index in [1.807, 2.05) is 6.92 Å². The molecule has 0 radical (unpaired) electrons. The largest absolute Gasteiger partial charge is 0.432 e. The highest BCUT2D eigenvalue weighted by Gasteiger charge is 2.69. The predicted octanol–water partition coefficient (Wildman–Crippen LogP) is -6.64. The number of rotatable bonds is 16. The van der Waals surface area contributed by atoms with Gasteiger partial charge in [-0.15, -0.1) is 0 Å². The molecular formula is C56H92O29. The zero-order valence-corrected chi connectivity index (χ0v) is 48.0. The topological polar surface area (TPSA) is 474 Å². The van der Waals surface area contributed by atoms with E-state index in [1.165, 1.54) is 0 Å². The Balaban J connectivity index is 0.901. The molecule has 0 aromatic heterocycles. The Morgan fingerprint density at radius 3 is 1.72 bits per heavy atom. The van der Waals surface area contributed by atoms with Crippen molar-refractivity contribution >= 4 is 5.97 Å². The van der Waals surface area contributed by atoms with Gasteiger partial charge in [0.05, 0.1) is 68.0 Å². The van der Waals surface area contributed by atoms with E-state index in [1.54, 1.807) is 6.92 Å². The van der Waals surface area contributed by atoms with Gasteiger partial charge in [-0.05, 0) is 93.8 Å². The molecule has 1 spiro atoms. The highest BCUT2D eigenvalue weighted by Crippen LogP contribution is 2.73. The average molecular weight is 1230 g/mol. The fraction of sp³-hybridized carbons (Fsp3) is 0.982. The highest BCUT2D eigenvalue weighted by atomic mass is 16.8. The monoisotopic (exact) mass is 1230 g/mol. The number of hydrogen-bond donors (Lipinski definition) is 18. The van der Waals surface area contributed by atoms with Crippen LogP contribution < -0.4 is 0 Å². The van der Waals surface area contributed by atoms with Crippen LogP contribution in [0.5, 0.6) is 0 Å². The number of aliphatic hydroxyl groups excluding tert-OH is 18. The quantitative estimate of drug-likeness (QED) is 0.0505. The first-order chi connectivity index (χ1) is 40.2. The van der Waals surface area contributed by atoms with Gasteiger partial charge in [0.2, 0.25) is 6.29 Å². The van der Waals surface area contributed by atoms with Crippen LogP contribution in [0.1, 0.15) is 97.8 Å². The van der Waals surface area contributed by atoms with Gasteiger partial charge in [0.25, 0.3) is 0 Å². The Labute approximate surface area is 490 Å². The van der Waals surface area contributed by atoms with E-state index < -0.39 is 239 Å². The summed E-state index contributed by atoms with van der Waals surface area (Å²) in [5, 5.41) is 194. The summed E-state index contributed by atoms with van der Waals surface area (Å²) in [7, 11) is 0. The Bertz CT molecular complexity index is 2240. The number of carbonyl (C=O) groups is 1. The lowest BCUT2D eigenvalue weighted by Crippen LogP contribution is -2.67. The van der Waals surface area contributed by atoms with Crippen molar-refractivity contribution in [1.29, 1.82) is 0 Å². The maximum Gasteiger partial charge on any atom is 0.314 e. The minimum atomic E-state index is -1.91. The third-order valence-electron chi connectivity index (χ3n) is 22.0. The lowest BCUT2D eigenvalue weighted by molar-refractivity contribution is -0.382. The molecule has 18 N–H and O–H groups in total. The Morgan fingerprint density at radius 2 is 1.05 bits per heavy atom. The van der Waals surface area contributed by atoms with Crippen molar-refractivity contribution in [3.63, 3.8) is 0 Å². The highest BCUT2D eigenvalue weighted by molar-refractivity contribution is 5.77. The lowest BCUT2D eigenvalue weighted by atomic mass is 9.41. The molecule has 490 valence electrons. The van der Waals surface area contributed by atoms with E-state index in [4.69, 9.17) is 47.4 Å². The molecule has 10 aliphatic rings. The third-order valence-corrected chi connectivity index (χ3v) is 22.0. The second-order valence-corrected chi connectivity index (χ2v) is 26.9. The Kier molecular flexibility index (Phi) is 20.1. The molecule has 2 bridgehead atoms. The van der Waals surface area contributed by atoms with E-state index in [0.29, 0.717) is 57.8 Å². The number of fused-ring (bicyclic) bond motifs is 3. The van der Waals surface area contributed by atoms with E-state index in [9.17, 15) is 91.9 Å². The number of aliphatic hydroxyl groups is 18. The smallest absolute Gasteiger partial charge is 0.314 e. The van der Waals surface area contributed by atoms with Gasteiger partial charge in [-0.3, -0.25) is 4.79 Å². The first kappa shape index (κ1) is 66.3. The van der Waals surface area contributed by atoms with Gasteiger partial charge < -0.3 is 139 Å². The molecule has 6 saturated carbocycles. The summed E-state index contributed by atoms with van der Waals surface area (Å²) in [4.78, 5) is 15.3. The number of carbonyl (C=O) groups excluding carboxylic acids is 1. The first-order valence-corrected chi connectivity index (χ1v) is 30.3. The molecule has 6 aliphatic carbocycles. The van der Waals surface area contributed by atoms with Crippen molar-refractivity contribution in [3.8, 4) is 0 Å². The Hall–Kier alpha value is -1.61. The summed E-state index contributed by atoms with van der Waals surface area (Å²) in [6, 6.07) is 0. The van der Waals surface area contributed by atoms with Crippen LogP contribution in [0.15, 0.2) is 0 Å². The third kappa shape index (κ3) is 11.9. The molecule has 4 aliphatic heterocycles. The predicted molar refractivity (Wildman–Crippen MR) is 279 cm³/mol. The van der Waals surface area contributed by atoms with Crippen molar-refractivity contribution in [2.75, 3.05) is 33.0 Å². The first-order valence-electron chi connectivity index (χ1n) is 30.3. The van der Waals surface area contributed by atoms with Crippen LogP contribution in [-0.2, 0) is 52.2 Å². The molecule has 10 fully saturated rings. The van der Waals surface area contributed by atoms with Gasteiger partial charge in [-0.25, -0.2) is 0 Å². The van der Waals surface area contributed by atoms with E-state index in [2.05, 4.69) is 6.92 Å². The van der Waals surface area contributed by atoms with Crippen LogP contribution in [-0.4, -0.2) is 302 Å².